The van der Waals surface area contributed by atoms with Crippen LogP contribution in [-0.4, -0.2) is 26.3 Å². The Labute approximate surface area is 128 Å². The number of amides is 1. The molecule has 0 aliphatic heterocycles. The highest BCUT2D eigenvalue weighted by Gasteiger charge is 2.18. The fourth-order valence-corrected chi connectivity index (χ4v) is 2.47. The second-order valence-electron chi connectivity index (χ2n) is 6.30. The standard InChI is InChI=1S/C16H24NO3Si/c1-16(2,3)20-15(19)17-13-9-7-6-8-12(13)14(18)10-11-21(4)5/h6-9H,10-11H2,1-5H3,(H,17,19). The van der Waals surface area contributed by atoms with Gasteiger partial charge in [-0.15, -0.1) is 0 Å². The fraction of sp³-hybridized carbons (Fsp3) is 0.500. The first-order valence-corrected chi connectivity index (χ1v) is 9.81. The van der Waals surface area contributed by atoms with Crippen LogP contribution in [0.5, 0.6) is 0 Å². The highest BCUT2D eigenvalue weighted by molar-refractivity contribution is 6.56. The molecule has 1 aromatic rings. The number of ketones is 1. The van der Waals surface area contributed by atoms with Gasteiger partial charge >= 0.3 is 6.09 Å². The molecule has 0 bridgehead atoms. The number of nitrogens with one attached hydrogen (secondary N) is 1. The summed E-state index contributed by atoms with van der Waals surface area (Å²) < 4.78 is 5.22. The summed E-state index contributed by atoms with van der Waals surface area (Å²) in [6.07, 6.45) is -0.0209. The highest BCUT2D eigenvalue weighted by Crippen LogP contribution is 2.19. The molecule has 115 valence electrons. The zero-order valence-corrected chi connectivity index (χ0v) is 14.4. The molecule has 0 saturated heterocycles. The largest absolute Gasteiger partial charge is 0.444 e. The molecule has 21 heavy (non-hydrogen) atoms. The Morgan fingerprint density at radius 2 is 1.81 bits per heavy atom. The lowest BCUT2D eigenvalue weighted by Gasteiger charge is -2.20. The minimum atomic E-state index is -0.565. The van der Waals surface area contributed by atoms with E-state index in [1.165, 1.54) is 0 Å². The van der Waals surface area contributed by atoms with E-state index in [0.29, 0.717) is 17.7 Å². The van der Waals surface area contributed by atoms with Gasteiger partial charge in [0.1, 0.15) is 5.60 Å². The summed E-state index contributed by atoms with van der Waals surface area (Å²) in [5.74, 6) is 0.0628. The van der Waals surface area contributed by atoms with Gasteiger partial charge in [-0.2, -0.15) is 0 Å². The van der Waals surface area contributed by atoms with E-state index in [2.05, 4.69) is 18.4 Å². The molecule has 0 aromatic heterocycles. The molecule has 0 aliphatic carbocycles. The third-order valence-electron chi connectivity index (χ3n) is 2.72. The van der Waals surface area contributed by atoms with Crippen LogP contribution >= 0.6 is 0 Å². The van der Waals surface area contributed by atoms with E-state index in [9.17, 15) is 9.59 Å². The van der Waals surface area contributed by atoms with Gasteiger partial charge in [0.2, 0.25) is 0 Å². The minimum absolute atomic E-state index is 0.0628. The molecule has 5 heteroatoms. The average Bonchev–Trinajstić information content (AvgIpc) is 2.34. The van der Waals surface area contributed by atoms with Crippen molar-refractivity contribution in [1.82, 2.24) is 0 Å². The summed E-state index contributed by atoms with van der Waals surface area (Å²) in [5, 5.41) is 2.66. The molecule has 1 aromatic carbocycles. The predicted octanol–water partition coefficient (Wildman–Crippen LogP) is 4.36. The lowest BCUT2D eigenvalue weighted by Crippen LogP contribution is -2.27. The van der Waals surface area contributed by atoms with Gasteiger partial charge in [0.25, 0.3) is 0 Å². The van der Waals surface area contributed by atoms with Crippen LogP contribution in [0.3, 0.4) is 0 Å². The van der Waals surface area contributed by atoms with Crippen molar-refractivity contribution < 1.29 is 14.3 Å². The number of rotatable bonds is 5. The van der Waals surface area contributed by atoms with E-state index in [-0.39, 0.29) is 5.78 Å². The van der Waals surface area contributed by atoms with Gasteiger partial charge in [-0.25, -0.2) is 4.79 Å². The molecule has 1 amide bonds. The highest BCUT2D eigenvalue weighted by atomic mass is 28.3. The summed E-state index contributed by atoms with van der Waals surface area (Å²) in [7, 11) is -0.429. The Bertz CT molecular complexity index is 506. The molecule has 0 atom stereocenters. The molecule has 1 N–H and O–H groups in total. The summed E-state index contributed by atoms with van der Waals surface area (Å²) in [5.41, 5.74) is 0.495. The Morgan fingerprint density at radius 3 is 2.38 bits per heavy atom. The van der Waals surface area contributed by atoms with Crippen LogP contribution in [0.15, 0.2) is 24.3 Å². The van der Waals surface area contributed by atoms with Gasteiger partial charge in [0.15, 0.2) is 5.78 Å². The first kappa shape index (κ1) is 17.4. The van der Waals surface area contributed by atoms with Crippen molar-refractivity contribution in [1.29, 1.82) is 0 Å². The summed E-state index contributed by atoms with van der Waals surface area (Å²) in [4.78, 5) is 24.1. The average molecular weight is 306 g/mol. The van der Waals surface area contributed by atoms with Crippen LogP contribution < -0.4 is 5.32 Å². The summed E-state index contributed by atoms with van der Waals surface area (Å²) in [6, 6.07) is 7.99. The van der Waals surface area contributed by atoms with E-state index < -0.39 is 20.5 Å². The Hall–Kier alpha value is -1.62. The predicted molar refractivity (Wildman–Crippen MR) is 87.5 cm³/mol. The third kappa shape index (κ3) is 6.58. The van der Waals surface area contributed by atoms with Gasteiger partial charge in [-0.3, -0.25) is 10.1 Å². The number of ether oxygens (including phenoxy) is 1. The van der Waals surface area contributed by atoms with E-state index in [4.69, 9.17) is 4.74 Å². The molecule has 0 unspecified atom stereocenters. The number of Topliss-reactive ketones (excluding diaryl/α,β-unsaturated/α-hetero) is 1. The maximum Gasteiger partial charge on any atom is 0.412 e. The number of benzene rings is 1. The Morgan fingerprint density at radius 1 is 1.19 bits per heavy atom. The first-order chi connectivity index (χ1) is 9.69. The topological polar surface area (TPSA) is 55.4 Å². The molecule has 4 nitrogen and oxygen atoms in total. The van der Waals surface area contributed by atoms with E-state index in [1.54, 1.807) is 45.0 Å². The first-order valence-electron chi connectivity index (χ1n) is 7.10. The van der Waals surface area contributed by atoms with Crippen LogP contribution in [0.1, 0.15) is 37.6 Å². The maximum atomic E-state index is 12.3. The van der Waals surface area contributed by atoms with Crippen molar-refractivity contribution in [2.75, 3.05) is 5.32 Å². The number of carbonyl (C=O) groups excluding carboxylic acids is 2. The van der Waals surface area contributed by atoms with Crippen molar-refractivity contribution in [3.05, 3.63) is 29.8 Å². The number of anilines is 1. The zero-order valence-electron chi connectivity index (χ0n) is 13.4. The van der Waals surface area contributed by atoms with Crippen molar-refractivity contribution in [2.24, 2.45) is 0 Å². The summed E-state index contributed by atoms with van der Waals surface area (Å²) in [6.45, 7) is 9.77. The van der Waals surface area contributed by atoms with Crippen LogP contribution in [0.25, 0.3) is 0 Å². The van der Waals surface area contributed by atoms with Crippen LogP contribution in [0.2, 0.25) is 19.1 Å². The molecule has 0 saturated carbocycles. The normalized spacial score (nSPS) is 11.3. The van der Waals surface area contributed by atoms with Gasteiger partial charge in [-0.05, 0) is 32.9 Å². The smallest absolute Gasteiger partial charge is 0.412 e. The van der Waals surface area contributed by atoms with Crippen LogP contribution in [-0.2, 0) is 4.74 Å². The van der Waals surface area contributed by atoms with Gasteiger partial charge in [0, 0.05) is 20.8 Å². The second-order valence-corrected chi connectivity index (χ2v) is 9.22. The lowest BCUT2D eigenvalue weighted by atomic mass is 10.1. The van der Waals surface area contributed by atoms with E-state index in [0.717, 1.165) is 6.04 Å². The second kappa shape index (κ2) is 7.40. The Kier molecular flexibility index (Phi) is 6.14. The number of carbonyl (C=O) groups is 2. The van der Waals surface area contributed by atoms with Crippen molar-refractivity contribution in [2.45, 2.75) is 51.9 Å². The number of para-hydroxylation sites is 1. The lowest BCUT2D eigenvalue weighted by molar-refractivity contribution is 0.0636. The molecule has 0 heterocycles. The molecule has 1 rings (SSSR count). The quantitative estimate of drug-likeness (QED) is 0.649. The molecule has 0 spiro atoms. The number of hydrogen-bond donors (Lipinski definition) is 1. The monoisotopic (exact) mass is 306 g/mol. The molecule has 1 radical (unpaired) electrons. The SMILES string of the molecule is C[Si](C)CCC(=O)c1ccccc1NC(=O)OC(C)(C)C. The maximum absolute atomic E-state index is 12.3. The minimum Gasteiger partial charge on any atom is -0.444 e. The summed E-state index contributed by atoms with van der Waals surface area (Å²) >= 11 is 0. The molecule has 0 fully saturated rings. The van der Waals surface area contributed by atoms with Crippen LogP contribution in [0, 0.1) is 0 Å². The third-order valence-corrected chi connectivity index (χ3v) is 3.97. The Balaban J connectivity index is 2.80. The van der Waals surface area contributed by atoms with E-state index in [1.807, 2.05) is 0 Å². The zero-order chi connectivity index (χ0) is 16.0. The van der Waals surface area contributed by atoms with Crippen molar-refractivity contribution in [3.63, 3.8) is 0 Å². The van der Waals surface area contributed by atoms with Gasteiger partial charge in [0.05, 0.1) is 5.69 Å². The molecular formula is C16H24NO3Si. The van der Waals surface area contributed by atoms with Crippen molar-refractivity contribution in [3.8, 4) is 0 Å². The number of hydrogen-bond acceptors (Lipinski definition) is 3. The van der Waals surface area contributed by atoms with Crippen molar-refractivity contribution >= 4 is 26.4 Å². The van der Waals surface area contributed by atoms with Crippen LogP contribution in [0.4, 0.5) is 10.5 Å². The molecular weight excluding hydrogens is 282 g/mol. The van der Waals surface area contributed by atoms with Gasteiger partial charge in [-0.1, -0.05) is 31.3 Å². The van der Waals surface area contributed by atoms with E-state index >= 15 is 0 Å². The molecule has 0 aliphatic rings. The fourth-order valence-electron chi connectivity index (χ4n) is 1.75. The van der Waals surface area contributed by atoms with Gasteiger partial charge < -0.3 is 4.74 Å².